The van der Waals surface area contributed by atoms with Crippen LogP contribution in [0.15, 0.2) is 23.2 Å². The highest BCUT2D eigenvalue weighted by molar-refractivity contribution is 6.05. The number of carbonyl (C=O) groups excluding carboxylic acids is 1. The van der Waals surface area contributed by atoms with E-state index < -0.39 is 11.0 Å². The lowest BCUT2D eigenvalue weighted by molar-refractivity contribution is -0.137. The van der Waals surface area contributed by atoms with Gasteiger partial charge in [0.2, 0.25) is 11.5 Å². The van der Waals surface area contributed by atoms with Crippen LogP contribution in [-0.4, -0.2) is 42.4 Å². The Bertz CT molecular complexity index is 603. The van der Waals surface area contributed by atoms with Crippen LogP contribution in [-0.2, 0) is 19.0 Å². The molecule has 0 heterocycles. The molecule has 3 aliphatic carbocycles. The van der Waals surface area contributed by atoms with Crippen molar-refractivity contribution in [3.8, 4) is 0 Å². The Kier molecular flexibility index (Phi) is 4.29. The highest BCUT2D eigenvalue weighted by Crippen LogP contribution is 2.66. The molecule has 0 aromatic rings. The van der Waals surface area contributed by atoms with Gasteiger partial charge in [0.1, 0.15) is 0 Å². The molecule has 0 aromatic heterocycles. The first kappa shape index (κ1) is 17.5. The summed E-state index contributed by atoms with van der Waals surface area (Å²) in [6.07, 6.45) is 3.92. The normalized spacial score (nSPS) is 34.9. The van der Waals surface area contributed by atoms with Crippen LogP contribution >= 0.6 is 0 Å². The third-order valence-corrected chi connectivity index (χ3v) is 5.36. The molecular formula is C19H28O5. The summed E-state index contributed by atoms with van der Waals surface area (Å²) >= 11 is 0. The van der Waals surface area contributed by atoms with Crippen LogP contribution in [0.4, 0.5) is 0 Å². The molecule has 0 saturated heterocycles. The number of Topliss-reactive ketones (excluding diaryl/α,β-unsaturated/α-hetero) is 1. The van der Waals surface area contributed by atoms with Crippen molar-refractivity contribution < 1.29 is 24.1 Å². The van der Waals surface area contributed by atoms with E-state index in [9.17, 15) is 9.90 Å². The highest BCUT2D eigenvalue weighted by atomic mass is 16.5. The van der Waals surface area contributed by atoms with E-state index >= 15 is 0 Å². The largest absolute Gasteiger partial charge is 0.488 e. The molecule has 0 amide bonds. The Morgan fingerprint density at radius 2 is 1.92 bits per heavy atom. The van der Waals surface area contributed by atoms with Gasteiger partial charge < -0.3 is 19.3 Å². The third kappa shape index (κ3) is 2.17. The monoisotopic (exact) mass is 336 g/mol. The summed E-state index contributed by atoms with van der Waals surface area (Å²) in [5.74, 6) is 0.378. The van der Waals surface area contributed by atoms with E-state index in [0.29, 0.717) is 13.0 Å². The van der Waals surface area contributed by atoms with Gasteiger partial charge in [-0.25, -0.2) is 0 Å². The fourth-order valence-electron chi connectivity index (χ4n) is 4.68. The molecule has 3 atom stereocenters. The molecule has 0 aliphatic heterocycles. The van der Waals surface area contributed by atoms with Crippen molar-refractivity contribution in [1.29, 1.82) is 0 Å². The molecule has 0 unspecified atom stereocenters. The van der Waals surface area contributed by atoms with Crippen LogP contribution in [0.1, 0.15) is 47.0 Å². The van der Waals surface area contributed by atoms with E-state index in [-0.39, 0.29) is 35.4 Å². The highest BCUT2D eigenvalue weighted by Gasteiger charge is 2.73. The molecule has 3 rings (SSSR count). The Morgan fingerprint density at radius 1 is 1.25 bits per heavy atom. The topological polar surface area (TPSA) is 65.0 Å². The standard InChI is InChI=1S/C19H28O5/c1-11(2)23-15-16(20)18-8-6-7-14(18)13(10-22-5)9-19(18,21)17(15)24-12(3)4/h9,11-12,14,21H,6-8,10H2,1-5H3/t14-,18+,19-/m0/s1. The van der Waals surface area contributed by atoms with E-state index in [1.165, 1.54) is 0 Å². The quantitative estimate of drug-likeness (QED) is 0.756. The fourth-order valence-corrected chi connectivity index (χ4v) is 4.68. The second kappa shape index (κ2) is 5.88. The number of hydrogen-bond donors (Lipinski definition) is 1. The molecule has 3 aliphatic rings. The molecule has 0 radical (unpaired) electrons. The lowest BCUT2D eigenvalue weighted by Crippen LogP contribution is -2.48. The number of rotatable bonds is 6. The Balaban J connectivity index is 2.14. The van der Waals surface area contributed by atoms with Gasteiger partial charge in [-0.3, -0.25) is 4.79 Å². The van der Waals surface area contributed by atoms with Gasteiger partial charge >= 0.3 is 0 Å². The minimum absolute atomic E-state index is 0.00558. The van der Waals surface area contributed by atoms with E-state index in [0.717, 1.165) is 18.4 Å². The molecule has 1 saturated carbocycles. The van der Waals surface area contributed by atoms with E-state index in [2.05, 4.69) is 0 Å². The van der Waals surface area contributed by atoms with Gasteiger partial charge in [-0.1, -0.05) is 6.42 Å². The second-order valence-electron chi connectivity index (χ2n) is 7.66. The summed E-state index contributed by atoms with van der Waals surface area (Å²) < 4.78 is 17.1. The SMILES string of the molecule is COCC1=C[C@]2(O)C(OC(C)C)=C(OC(C)C)C(=O)[C@]23CCC[C@@H]13. The summed E-state index contributed by atoms with van der Waals surface area (Å²) in [5.41, 5.74) is -1.30. The van der Waals surface area contributed by atoms with Gasteiger partial charge in [-0.15, -0.1) is 0 Å². The van der Waals surface area contributed by atoms with Crippen LogP contribution in [0.25, 0.3) is 0 Å². The summed E-state index contributed by atoms with van der Waals surface area (Å²) in [7, 11) is 1.64. The summed E-state index contributed by atoms with van der Waals surface area (Å²) in [6.45, 7) is 7.96. The number of carbonyl (C=O) groups is 1. The number of ether oxygens (including phenoxy) is 3. The van der Waals surface area contributed by atoms with Gasteiger partial charge in [0.15, 0.2) is 11.4 Å². The maximum Gasteiger partial charge on any atom is 0.211 e. The Hall–Kier alpha value is -1.33. The van der Waals surface area contributed by atoms with Gasteiger partial charge in [0.05, 0.1) is 24.2 Å². The summed E-state index contributed by atoms with van der Waals surface area (Å²) in [5, 5.41) is 11.6. The number of aliphatic hydroxyl groups is 1. The average molecular weight is 336 g/mol. The molecule has 1 spiro atoms. The van der Waals surface area contributed by atoms with Crippen LogP contribution in [0, 0.1) is 11.3 Å². The van der Waals surface area contributed by atoms with Crippen molar-refractivity contribution in [3.63, 3.8) is 0 Å². The molecular weight excluding hydrogens is 308 g/mol. The predicted octanol–water partition coefficient (Wildman–Crippen LogP) is 2.73. The summed E-state index contributed by atoms with van der Waals surface area (Å²) in [4.78, 5) is 13.4. The molecule has 5 nitrogen and oxygen atoms in total. The molecule has 24 heavy (non-hydrogen) atoms. The van der Waals surface area contributed by atoms with Crippen LogP contribution < -0.4 is 0 Å². The van der Waals surface area contributed by atoms with Crippen molar-refractivity contribution >= 4 is 5.78 Å². The first-order chi connectivity index (χ1) is 11.3. The Morgan fingerprint density at radius 3 is 2.50 bits per heavy atom. The molecule has 134 valence electrons. The maximum absolute atomic E-state index is 13.4. The van der Waals surface area contributed by atoms with Gasteiger partial charge in [-0.05, 0) is 58.1 Å². The smallest absolute Gasteiger partial charge is 0.211 e. The van der Waals surface area contributed by atoms with Crippen LogP contribution in [0.2, 0.25) is 0 Å². The fraction of sp³-hybridized carbons (Fsp3) is 0.737. The maximum atomic E-state index is 13.4. The average Bonchev–Trinajstić information content (AvgIpc) is 3.06. The minimum atomic E-state index is -1.42. The zero-order valence-corrected chi connectivity index (χ0v) is 15.2. The number of methoxy groups -OCH3 is 1. The number of ketones is 1. The number of hydrogen-bond acceptors (Lipinski definition) is 5. The Labute approximate surface area is 143 Å². The molecule has 1 fully saturated rings. The first-order valence-corrected chi connectivity index (χ1v) is 8.83. The van der Waals surface area contributed by atoms with E-state index in [1.807, 2.05) is 27.7 Å². The van der Waals surface area contributed by atoms with E-state index in [1.54, 1.807) is 13.2 Å². The van der Waals surface area contributed by atoms with Gasteiger partial charge in [0, 0.05) is 7.11 Å². The third-order valence-electron chi connectivity index (χ3n) is 5.36. The summed E-state index contributed by atoms with van der Waals surface area (Å²) in [6, 6.07) is 0. The number of allylic oxidation sites excluding steroid dienone is 1. The van der Waals surface area contributed by atoms with Crippen LogP contribution in [0.5, 0.6) is 0 Å². The molecule has 1 N–H and O–H groups in total. The lowest BCUT2D eigenvalue weighted by Gasteiger charge is -2.36. The zero-order chi connectivity index (χ0) is 17.7. The molecule has 0 bridgehead atoms. The van der Waals surface area contributed by atoms with Gasteiger partial charge in [-0.2, -0.15) is 0 Å². The van der Waals surface area contributed by atoms with Crippen molar-refractivity contribution in [2.24, 2.45) is 11.3 Å². The van der Waals surface area contributed by atoms with Crippen molar-refractivity contribution in [3.05, 3.63) is 23.2 Å². The first-order valence-electron chi connectivity index (χ1n) is 8.83. The van der Waals surface area contributed by atoms with Crippen molar-refractivity contribution in [1.82, 2.24) is 0 Å². The zero-order valence-electron chi connectivity index (χ0n) is 15.2. The molecule has 0 aromatic carbocycles. The van der Waals surface area contributed by atoms with Crippen molar-refractivity contribution in [2.45, 2.75) is 64.8 Å². The predicted molar refractivity (Wildman–Crippen MR) is 89.2 cm³/mol. The molecule has 5 heteroatoms. The van der Waals surface area contributed by atoms with Crippen LogP contribution in [0.3, 0.4) is 0 Å². The van der Waals surface area contributed by atoms with Gasteiger partial charge in [0.25, 0.3) is 0 Å². The van der Waals surface area contributed by atoms with E-state index in [4.69, 9.17) is 14.2 Å². The minimum Gasteiger partial charge on any atom is -0.488 e. The second-order valence-corrected chi connectivity index (χ2v) is 7.66. The van der Waals surface area contributed by atoms with Crippen molar-refractivity contribution in [2.75, 3.05) is 13.7 Å². The lowest BCUT2D eigenvalue weighted by atomic mass is 9.69.